The maximum atomic E-state index is 13.0. The van der Waals surface area contributed by atoms with Crippen LogP contribution in [0.5, 0.6) is 5.75 Å². The molecule has 3 N–H and O–H groups in total. The lowest BCUT2D eigenvalue weighted by Gasteiger charge is -2.16. The van der Waals surface area contributed by atoms with E-state index in [4.69, 9.17) is 4.74 Å². The Bertz CT molecular complexity index is 622. The van der Waals surface area contributed by atoms with Crippen molar-refractivity contribution in [2.45, 2.75) is 19.1 Å². The fraction of sp³-hybridized carbons (Fsp3) is 0.312. The number of hydrogen-bond acceptors (Lipinski definition) is 4. The Balaban J connectivity index is 1.68. The maximum absolute atomic E-state index is 13.0. The molecule has 0 aliphatic heterocycles. The van der Waals surface area contributed by atoms with Crippen LogP contribution in [0.3, 0.4) is 0 Å². The monoisotopic (exact) mass is 338 g/mol. The third-order valence-corrected chi connectivity index (χ3v) is 3.97. The van der Waals surface area contributed by atoms with Gasteiger partial charge in [0.25, 0.3) is 0 Å². The van der Waals surface area contributed by atoms with E-state index in [1.165, 1.54) is 23.5 Å². The number of ether oxygens (including phenoxy) is 1. The molecule has 0 bridgehead atoms. The Morgan fingerprint density at radius 2 is 2.22 bits per heavy atom. The minimum atomic E-state index is -0.723. The summed E-state index contributed by atoms with van der Waals surface area (Å²) in [4.78, 5) is 12.5. The number of thiophene rings is 1. The SMILES string of the molecule is C[C@H](COc1cccc(F)c1)NC(=O)NC[C@@H](O)c1cccs1. The molecule has 0 radical (unpaired) electrons. The van der Waals surface area contributed by atoms with Crippen molar-refractivity contribution in [1.29, 1.82) is 0 Å². The molecule has 1 heterocycles. The van der Waals surface area contributed by atoms with E-state index in [0.717, 1.165) is 4.88 Å². The fourth-order valence-electron chi connectivity index (χ4n) is 1.87. The van der Waals surface area contributed by atoms with E-state index < -0.39 is 12.1 Å². The van der Waals surface area contributed by atoms with Gasteiger partial charge in [0.15, 0.2) is 0 Å². The van der Waals surface area contributed by atoms with Crippen LogP contribution in [0.25, 0.3) is 0 Å². The quantitative estimate of drug-likeness (QED) is 0.727. The number of rotatable bonds is 7. The number of carbonyl (C=O) groups excluding carboxylic acids is 1. The van der Waals surface area contributed by atoms with Gasteiger partial charge in [-0.05, 0) is 30.5 Å². The van der Waals surface area contributed by atoms with Crippen LogP contribution in [0.1, 0.15) is 17.9 Å². The van der Waals surface area contributed by atoms with Crippen LogP contribution in [0.4, 0.5) is 9.18 Å². The van der Waals surface area contributed by atoms with Crippen molar-refractivity contribution in [3.05, 3.63) is 52.5 Å². The summed E-state index contributed by atoms with van der Waals surface area (Å²) >= 11 is 1.43. The number of urea groups is 1. The van der Waals surface area contributed by atoms with Crippen LogP contribution in [-0.2, 0) is 0 Å². The second-order valence-corrected chi connectivity index (χ2v) is 6.03. The Labute approximate surface area is 138 Å². The van der Waals surface area contributed by atoms with Crippen LogP contribution in [-0.4, -0.2) is 30.3 Å². The molecule has 0 aliphatic rings. The second-order valence-electron chi connectivity index (χ2n) is 5.06. The number of aliphatic hydroxyl groups is 1. The Morgan fingerprint density at radius 1 is 1.39 bits per heavy atom. The number of aliphatic hydroxyl groups excluding tert-OH is 1. The van der Waals surface area contributed by atoms with Gasteiger partial charge in [-0.25, -0.2) is 9.18 Å². The van der Waals surface area contributed by atoms with Crippen molar-refractivity contribution in [3.63, 3.8) is 0 Å². The Kier molecular flexibility index (Phi) is 6.37. The van der Waals surface area contributed by atoms with Gasteiger partial charge >= 0.3 is 6.03 Å². The highest BCUT2D eigenvalue weighted by molar-refractivity contribution is 7.10. The average molecular weight is 338 g/mol. The van der Waals surface area contributed by atoms with Gasteiger partial charge in [-0.3, -0.25) is 0 Å². The first-order valence-corrected chi connectivity index (χ1v) is 8.07. The summed E-state index contributed by atoms with van der Waals surface area (Å²) in [5.74, 6) is 0.0376. The third kappa shape index (κ3) is 5.88. The molecule has 0 fully saturated rings. The highest BCUT2D eigenvalue weighted by Crippen LogP contribution is 2.17. The summed E-state index contributed by atoms with van der Waals surface area (Å²) in [6.07, 6.45) is -0.723. The summed E-state index contributed by atoms with van der Waals surface area (Å²) in [6.45, 7) is 2.11. The number of nitrogens with one attached hydrogen (secondary N) is 2. The zero-order valence-corrected chi connectivity index (χ0v) is 13.5. The van der Waals surface area contributed by atoms with E-state index >= 15 is 0 Å². The maximum Gasteiger partial charge on any atom is 0.315 e. The number of benzene rings is 1. The van der Waals surface area contributed by atoms with Gasteiger partial charge in [0.1, 0.15) is 24.3 Å². The zero-order valence-electron chi connectivity index (χ0n) is 12.7. The molecule has 124 valence electrons. The molecule has 7 heteroatoms. The molecule has 1 aromatic heterocycles. The van der Waals surface area contributed by atoms with Gasteiger partial charge in [0.2, 0.25) is 0 Å². The van der Waals surface area contributed by atoms with Crippen molar-refractivity contribution < 1.29 is 19.0 Å². The minimum absolute atomic E-state index is 0.129. The lowest BCUT2D eigenvalue weighted by molar-refractivity contribution is 0.174. The van der Waals surface area contributed by atoms with Crippen LogP contribution in [0.15, 0.2) is 41.8 Å². The second kappa shape index (κ2) is 8.50. The predicted molar refractivity (Wildman–Crippen MR) is 87.2 cm³/mol. The van der Waals surface area contributed by atoms with Crippen molar-refractivity contribution in [3.8, 4) is 5.75 Å². The fourth-order valence-corrected chi connectivity index (χ4v) is 2.58. The minimum Gasteiger partial charge on any atom is -0.491 e. The van der Waals surface area contributed by atoms with Gasteiger partial charge in [0, 0.05) is 10.9 Å². The first-order valence-electron chi connectivity index (χ1n) is 7.19. The van der Waals surface area contributed by atoms with E-state index in [9.17, 15) is 14.3 Å². The van der Waals surface area contributed by atoms with Gasteiger partial charge in [-0.2, -0.15) is 0 Å². The van der Waals surface area contributed by atoms with E-state index in [1.54, 1.807) is 19.1 Å². The number of carbonyl (C=O) groups is 1. The van der Waals surface area contributed by atoms with Gasteiger partial charge in [0.05, 0.1) is 12.6 Å². The molecule has 2 rings (SSSR count). The summed E-state index contributed by atoms with van der Waals surface area (Å²) in [5, 5.41) is 17.0. The molecule has 0 saturated carbocycles. The largest absolute Gasteiger partial charge is 0.491 e. The van der Waals surface area contributed by atoms with Crippen molar-refractivity contribution in [1.82, 2.24) is 10.6 Å². The summed E-state index contributed by atoms with van der Waals surface area (Å²) in [6, 6.07) is 8.81. The zero-order chi connectivity index (χ0) is 16.7. The van der Waals surface area contributed by atoms with Crippen molar-refractivity contribution in [2.75, 3.05) is 13.2 Å². The average Bonchev–Trinajstić information content (AvgIpc) is 3.05. The molecule has 1 aromatic carbocycles. The van der Waals surface area contributed by atoms with Crippen molar-refractivity contribution in [2.24, 2.45) is 0 Å². The van der Waals surface area contributed by atoms with E-state index in [1.807, 2.05) is 17.5 Å². The van der Waals surface area contributed by atoms with Crippen molar-refractivity contribution >= 4 is 17.4 Å². The van der Waals surface area contributed by atoms with Crippen LogP contribution < -0.4 is 15.4 Å². The summed E-state index contributed by atoms with van der Waals surface area (Å²) in [7, 11) is 0. The van der Waals surface area contributed by atoms with Gasteiger partial charge < -0.3 is 20.5 Å². The lowest BCUT2D eigenvalue weighted by atomic mass is 10.3. The molecule has 0 unspecified atom stereocenters. The third-order valence-electron chi connectivity index (χ3n) is 3.00. The van der Waals surface area contributed by atoms with Gasteiger partial charge in [-0.1, -0.05) is 12.1 Å². The van der Waals surface area contributed by atoms with E-state index in [-0.39, 0.29) is 25.0 Å². The number of hydrogen-bond donors (Lipinski definition) is 3. The molecule has 2 aromatic rings. The highest BCUT2D eigenvalue weighted by Gasteiger charge is 2.12. The molecule has 2 atom stereocenters. The molecule has 0 aliphatic carbocycles. The number of halogens is 1. The summed E-state index contributed by atoms with van der Waals surface area (Å²) < 4.78 is 18.4. The molecule has 0 spiro atoms. The standard InChI is InChI=1S/C16H19FN2O3S/c1-11(10-22-13-5-2-4-12(17)8-13)19-16(21)18-9-14(20)15-6-3-7-23-15/h2-8,11,14,20H,9-10H2,1H3,(H2,18,19,21)/t11-,14-/m1/s1. The lowest BCUT2D eigenvalue weighted by Crippen LogP contribution is -2.44. The molecule has 0 saturated heterocycles. The van der Waals surface area contributed by atoms with Crippen LogP contribution in [0, 0.1) is 5.82 Å². The first kappa shape index (κ1) is 17.2. The molecular formula is C16H19FN2O3S. The van der Waals surface area contributed by atoms with Gasteiger partial charge in [-0.15, -0.1) is 11.3 Å². The van der Waals surface area contributed by atoms with E-state index in [2.05, 4.69) is 10.6 Å². The predicted octanol–water partition coefficient (Wildman–Crippen LogP) is 2.69. The molecule has 2 amide bonds. The number of amides is 2. The molecular weight excluding hydrogens is 319 g/mol. The normalized spacial score (nSPS) is 13.2. The summed E-state index contributed by atoms with van der Waals surface area (Å²) in [5.41, 5.74) is 0. The first-order chi connectivity index (χ1) is 11.0. The molecule has 23 heavy (non-hydrogen) atoms. The Morgan fingerprint density at radius 3 is 2.91 bits per heavy atom. The molecule has 5 nitrogen and oxygen atoms in total. The van der Waals surface area contributed by atoms with Crippen LogP contribution >= 0.6 is 11.3 Å². The smallest absolute Gasteiger partial charge is 0.315 e. The highest BCUT2D eigenvalue weighted by atomic mass is 32.1. The topological polar surface area (TPSA) is 70.6 Å². The van der Waals surface area contributed by atoms with E-state index in [0.29, 0.717) is 5.75 Å². The van der Waals surface area contributed by atoms with Crippen LogP contribution in [0.2, 0.25) is 0 Å². The Hall–Kier alpha value is -2.12.